The van der Waals surface area contributed by atoms with E-state index in [9.17, 15) is 14.4 Å². The van der Waals surface area contributed by atoms with Gasteiger partial charge in [-0.1, -0.05) is 48.0 Å². The second-order valence-electron chi connectivity index (χ2n) is 9.53. The van der Waals surface area contributed by atoms with Crippen molar-refractivity contribution in [3.8, 4) is 17.2 Å². The highest BCUT2D eigenvalue weighted by Gasteiger charge is 2.19. The molecule has 3 N–H and O–H groups in total. The predicted molar refractivity (Wildman–Crippen MR) is 178 cm³/mol. The van der Waals surface area contributed by atoms with Crippen LogP contribution in [0.1, 0.15) is 22.8 Å². The topological polar surface area (TPSA) is 115 Å². The average molecular weight is 646 g/mol. The van der Waals surface area contributed by atoms with E-state index in [4.69, 9.17) is 25.8 Å². The van der Waals surface area contributed by atoms with Crippen molar-refractivity contribution in [3.05, 3.63) is 113 Å². The smallest absolute Gasteiger partial charge is 0.272 e. The second kappa shape index (κ2) is 15.7. The molecule has 4 aromatic rings. The summed E-state index contributed by atoms with van der Waals surface area (Å²) in [5, 5.41) is 8.27. The number of nitrogens with one attached hydrogen (secondary N) is 3. The first-order valence-electron chi connectivity index (χ1n) is 13.7. The number of hydrogen-bond donors (Lipinski definition) is 3. The third-order valence-corrected chi connectivity index (χ3v) is 7.90. The van der Waals surface area contributed by atoms with Gasteiger partial charge in [0.2, 0.25) is 5.91 Å². The number of amides is 3. The van der Waals surface area contributed by atoms with E-state index < -0.39 is 17.1 Å². The summed E-state index contributed by atoms with van der Waals surface area (Å²) in [7, 11) is 4.52. The molecule has 0 saturated carbocycles. The molecule has 9 nitrogen and oxygen atoms in total. The molecule has 0 aliphatic heterocycles. The van der Waals surface area contributed by atoms with Crippen molar-refractivity contribution in [1.29, 1.82) is 0 Å². The Morgan fingerprint density at radius 2 is 1.42 bits per heavy atom. The SMILES string of the molecule is COc1cc(OC)c(NC(=O)C(C)Sc2ccc(NC(=O)/C(=C/c3ccccc3OC)NC(=O)c3ccccc3)cc2)cc1Cl. The van der Waals surface area contributed by atoms with Crippen molar-refractivity contribution in [1.82, 2.24) is 5.32 Å². The quantitative estimate of drug-likeness (QED) is 0.113. The molecule has 0 heterocycles. The van der Waals surface area contributed by atoms with E-state index in [0.717, 1.165) is 4.90 Å². The van der Waals surface area contributed by atoms with Gasteiger partial charge in [0.25, 0.3) is 11.8 Å². The number of rotatable bonds is 12. The van der Waals surface area contributed by atoms with E-state index in [1.165, 1.54) is 33.1 Å². The molecule has 0 bridgehead atoms. The molecule has 4 rings (SSSR count). The largest absolute Gasteiger partial charge is 0.496 e. The molecule has 0 spiro atoms. The maximum absolute atomic E-state index is 13.4. The van der Waals surface area contributed by atoms with Crippen LogP contribution < -0.4 is 30.2 Å². The number of methoxy groups -OCH3 is 3. The van der Waals surface area contributed by atoms with Gasteiger partial charge in [-0.15, -0.1) is 11.8 Å². The number of carbonyl (C=O) groups excluding carboxylic acids is 3. The fourth-order valence-electron chi connectivity index (χ4n) is 4.15. The highest BCUT2D eigenvalue weighted by Crippen LogP contribution is 2.36. The highest BCUT2D eigenvalue weighted by molar-refractivity contribution is 8.00. The minimum absolute atomic E-state index is 0.0335. The number of para-hydroxylation sites is 1. The molecule has 45 heavy (non-hydrogen) atoms. The molecule has 0 saturated heterocycles. The van der Waals surface area contributed by atoms with Crippen LogP contribution in [0.4, 0.5) is 11.4 Å². The molecule has 0 fully saturated rings. The van der Waals surface area contributed by atoms with E-state index in [-0.39, 0.29) is 11.6 Å². The lowest BCUT2D eigenvalue weighted by molar-refractivity contribution is -0.115. The van der Waals surface area contributed by atoms with Gasteiger partial charge in [0.05, 0.1) is 37.3 Å². The van der Waals surface area contributed by atoms with Crippen LogP contribution in [0.25, 0.3) is 6.08 Å². The monoisotopic (exact) mass is 645 g/mol. The molecule has 11 heteroatoms. The fourth-order valence-corrected chi connectivity index (χ4v) is 5.26. The van der Waals surface area contributed by atoms with Crippen LogP contribution in [-0.4, -0.2) is 44.3 Å². The van der Waals surface area contributed by atoms with Crippen LogP contribution >= 0.6 is 23.4 Å². The third kappa shape index (κ3) is 8.81. The minimum Gasteiger partial charge on any atom is -0.496 e. The first-order valence-corrected chi connectivity index (χ1v) is 15.0. The lowest BCUT2D eigenvalue weighted by atomic mass is 10.1. The van der Waals surface area contributed by atoms with Crippen LogP contribution in [0, 0.1) is 0 Å². The maximum atomic E-state index is 13.4. The van der Waals surface area contributed by atoms with Gasteiger partial charge in [-0.25, -0.2) is 0 Å². The Morgan fingerprint density at radius 3 is 2.09 bits per heavy atom. The number of halogens is 1. The van der Waals surface area contributed by atoms with Crippen molar-refractivity contribution in [2.75, 3.05) is 32.0 Å². The van der Waals surface area contributed by atoms with E-state index in [2.05, 4.69) is 16.0 Å². The van der Waals surface area contributed by atoms with E-state index >= 15 is 0 Å². The summed E-state index contributed by atoms with van der Waals surface area (Å²) in [6.07, 6.45) is 1.56. The molecule has 0 aliphatic rings. The lowest BCUT2D eigenvalue weighted by Crippen LogP contribution is -2.30. The standard InChI is InChI=1S/C34H32ClN3O6S/c1-21(32(39)37-27-19-26(35)30(43-3)20-31(27)44-4)45-25-16-14-24(15-17-25)36-34(41)28(18-23-12-8-9-13-29(23)42-2)38-33(40)22-10-6-5-7-11-22/h5-21H,1-4H3,(H,36,41)(H,37,39)(H,38,40)/b28-18-. The molecule has 0 radical (unpaired) electrons. The van der Waals surface area contributed by atoms with Gasteiger partial charge in [-0.2, -0.15) is 0 Å². The Balaban J connectivity index is 1.45. The molecule has 1 atom stereocenters. The zero-order valence-corrected chi connectivity index (χ0v) is 26.6. The fraction of sp³-hybridized carbons (Fsp3) is 0.147. The van der Waals surface area contributed by atoms with Gasteiger partial charge in [-0.3, -0.25) is 14.4 Å². The number of thioether (sulfide) groups is 1. The van der Waals surface area contributed by atoms with Crippen LogP contribution in [0.3, 0.4) is 0 Å². The molecule has 0 aliphatic carbocycles. The van der Waals surface area contributed by atoms with Gasteiger partial charge in [-0.05, 0) is 61.5 Å². The molecule has 0 aromatic heterocycles. The van der Waals surface area contributed by atoms with Gasteiger partial charge in [0.15, 0.2) is 0 Å². The Bertz CT molecular complexity index is 1700. The second-order valence-corrected chi connectivity index (χ2v) is 11.4. The van der Waals surface area contributed by atoms with Crippen LogP contribution in [0.15, 0.2) is 102 Å². The summed E-state index contributed by atoms with van der Waals surface area (Å²) < 4.78 is 16.0. The summed E-state index contributed by atoms with van der Waals surface area (Å²) in [4.78, 5) is 40.1. The van der Waals surface area contributed by atoms with Gasteiger partial charge in [0, 0.05) is 27.8 Å². The highest BCUT2D eigenvalue weighted by atomic mass is 35.5. The van der Waals surface area contributed by atoms with Crippen molar-refractivity contribution in [2.45, 2.75) is 17.1 Å². The van der Waals surface area contributed by atoms with Gasteiger partial charge < -0.3 is 30.2 Å². The van der Waals surface area contributed by atoms with E-state index in [1.54, 1.807) is 91.9 Å². The third-order valence-electron chi connectivity index (χ3n) is 6.49. The number of carbonyl (C=O) groups is 3. The zero-order chi connectivity index (χ0) is 32.3. The number of anilines is 2. The van der Waals surface area contributed by atoms with Gasteiger partial charge >= 0.3 is 0 Å². The van der Waals surface area contributed by atoms with E-state index in [0.29, 0.717) is 44.8 Å². The Hall–Kier alpha value is -4.93. The van der Waals surface area contributed by atoms with Crippen LogP contribution in [-0.2, 0) is 9.59 Å². The van der Waals surface area contributed by atoms with Crippen LogP contribution in [0.5, 0.6) is 17.2 Å². The van der Waals surface area contributed by atoms with Crippen LogP contribution in [0.2, 0.25) is 5.02 Å². The average Bonchev–Trinajstić information content (AvgIpc) is 3.06. The molecule has 3 amide bonds. The first-order chi connectivity index (χ1) is 21.7. The predicted octanol–water partition coefficient (Wildman–Crippen LogP) is 6.89. The van der Waals surface area contributed by atoms with E-state index in [1.807, 2.05) is 12.1 Å². The van der Waals surface area contributed by atoms with Crippen molar-refractivity contribution < 1.29 is 28.6 Å². The minimum atomic E-state index is -0.523. The summed E-state index contributed by atoms with van der Waals surface area (Å²) >= 11 is 7.57. The molecule has 4 aromatic carbocycles. The maximum Gasteiger partial charge on any atom is 0.272 e. The molecular weight excluding hydrogens is 614 g/mol. The first kappa shape index (κ1) is 33.0. The number of hydrogen-bond acceptors (Lipinski definition) is 7. The summed E-state index contributed by atoms with van der Waals surface area (Å²) in [6, 6.07) is 26.0. The zero-order valence-electron chi connectivity index (χ0n) is 25.1. The Kier molecular flexibility index (Phi) is 11.5. The summed E-state index contributed by atoms with van der Waals surface area (Å²) in [5.74, 6) is 0.191. The number of ether oxygens (including phenoxy) is 3. The lowest BCUT2D eigenvalue weighted by Gasteiger charge is -2.16. The summed E-state index contributed by atoms with van der Waals surface area (Å²) in [6.45, 7) is 1.78. The van der Waals surface area contributed by atoms with Crippen molar-refractivity contribution in [2.24, 2.45) is 0 Å². The number of benzene rings is 4. The molecule has 1 unspecified atom stereocenters. The molecule has 232 valence electrons. The normalized spacial score (nSPS) is 11.6. The van der Waals surface area contributed by atoms with Gasteiger partial charge in [0.1, 0.15) is 22.9 Å². The van der Waals surface area contributed by atoms with Crippen molar-refractivity contribution in [3.63, 3.8) is 0 Å². The van der Waals surface area contributed by atoms with Crippen molar-refractivity contribution >= 4 is 58.5 Å². The summed E-state index contributed by atoms with van der Waals surface area (Å²) in [5.41, 5.74) is 1.98. The molecular formula is C34H32ClN3O6S. The Morgan fingerprint density at radius 1 is 0.778 bits per heavy atom. The Labute approximate surface area is 270 Å².